The van der Waals surface area contributed by atoms with Crippen LogP contribution in [-0.4, -0.2) is 21.1 Å². The van der Waals surface area contributed by atoms with Gasteiger partial charge in [-0.15, -0.1) is 0 Å². The van der Waals surface area contributed by atoms with E-state index in [0.717, 1.165) is 28.0 Å². The highest BCUT2D eigenvalue weighted by atomic mass is 32.2. The van der Waals surface area contributed by atoms with Gasteiger partial charge in [-0.1, -0.05) is 54.1 Å². The van der Waals surface area contributed by atoms with Gasteiger partial charge in [-0.05, 0) is 55.2 Å². The number of hydrogen-bond donors (Lipinski definition) is 0. The van der Waals surface area contributed by atoms with Crippen LogP contribution in [0.15, 0.2) is 65.6 Å². The highest BCUT2D eigenvalue weighted by Gasteiger charge is 2.28. The average Bonchev–Trinajstić information content (AvgIpc) is 3.11. The Balaban J connectivity index is 1.54. The molecule has 0 spiro atoms. The molecular weight excluding hydrogens is 384 g/mol. The van der Waals surface area contributed by atoms with Gasteiger partial charge in [0.05, 0.1) is 4.90 Å². The largest absolute Gasteiger partial charge is 0.487 e. The standard InChI is InChI=1S/C24H24O4S/c1-16-10-12-21(13-11-16)29(25,26)27-15-20-14-19-8-5-9-22(24(19)28-20)23-17(2)6-4-7-18(23)3/h4-13,20H,14-15H2,1-3H3. The van der Waals surface area contributed by atoms with E-state index >= 15 is 0 Å². The molecule has 0 radical (unpaired) electrons. The summed E-state index contributed by atoms with van der Waals surface area (Å²) in [6.45, 7) is 6.07. The Morgan fingerprint density at radius 2 is 1.59 bits per heavy atom. The number of ether oxygens (including phenoxy) is 1. The van der Waals surface area contributed by atoms with Gasteiger partial charge in [0.15, 0.2) is 0 Å². The molecule has 29 heavy (non-hydrogen) atoms. The molecule has 0 N–H and O–H groups in total. The van der Waals surface area contributed by atoms with Crippen LogP contribution in [0.2, 0.25) is 0 Å². The summed E-state index contributed by atoms with van der Waals surface area (Å²) in [5, 5.41) is 0. The van der Waals surface area contributed by atoms with E-state index in [-0.39, 0.29) is 17.6 Å². The second-order valence-corrected chi connectivity index (χ2v) is 9.17. The number of hydrogen-bond acceptors (Lipinski definition) is 4. The number of para-hydroxylation sites is 1. The van der Waals surface area contributed by atoms with Crippen molar-refractivity contribution in [3.8, 4) is 16.9 Å². The molecule has 0 saturated carbocycles. The summed E-state index contributed by atoms with van der Waals surface area (Å²) in [5.74, 6) is 0.825. The van der Waals surface area contributed by atoms with Crippen molar-refractivity contribution in [3.63, 3.8) is 0 Å². The Kier molecular flexibility index (Phi) is 5.19. The summed E-state index contributed by atoms with van der Waals surface area (Å²) >= 11 is 0. The van der Waals surface area contributed by atoms with E-state index in [2.05, 4.69) is 32.0 Å². The maximum Gasteiger partial charge on any atom is 0.297 e. The molecule has 0 aromatic heterocycles. The molecule has 1 heterocycles. The van der Waals surface area contributed by atoms with Gasteiger partial charge < -0.3 is 4.74 Å². The van der Waals surface area contributed by atoms with Crippen LogP contribution in [0.1, 0.15) is 22.3 Å². The first-order valence-electron chi connectivity index (χ1n) is 9.66. The van der Waals surface area contributed by atoms with Crippen molar-refractivity contribution >= 4 is 10.1 Å². The Bertz CT molecular complexity index is 1130. The third kappa shape index (κ3) is 3.93. The van der Waals surface area contributed by atoms with Gasteiger partial charge in [0.1, 0.15) is 18.5 Å². The molecule has 4 rings (SSSR count). The van der Waals surface area contributed by atoms with Crippen LogP contribution in [0.25, 0.3) is 11.1 Å². The lowest BCUT2D eigenvalue weighted by Crippen LogP contribution is -2.23. The molecule has 3 aromatic rings. The monoisotopic (exact) mass is 408 g/mol. The van der Waals surface area contributed by atoms with Gasteiger partial charge in [0.2, 0.25) is 0 Å². The Labute approximate surface area is 172 Å². The maximum atomic E-state index is 12.5. The van der Waals surface area contributed by atoms with Crippen LogP contribution in [0, 0.1) is 20.8 Å². The van der Waals surface area contributed by atoms with E-state index in [0.29, 0.717) is 6.42 Å². The van der Waals surface area contributed by atoms with Crippen molar-refractivity contribution in [2.75, 3.05) is 6.61 Å². The number of benzene rings is 3. The van der Waals surface area contributed by atoms with E-state index in [4.69, 9.17) is 8.92 Å². The van der Waals surface area contributed by atoms with Crippen molar-refractivity contribution in [1.82, 2.24) is 0 Å². The zero-order valence-electron chi connectivity index (χ0n) is 16.8. The fourth-order valence-corrected chi connectivity index (χ4v) is 4.74. The highest BCUT2D eigenvalue weighted by molar-refractivity contribution is 7.86. The molecule has 1 unspecified atom stereocenters. The normalized spacial score (nSPS) is 15.8. The number of fused-ring (bicyclic) bond motifs is 1. The molecule has 1 aliphatic rings. The molecule has 5 heteroatoms. The van der Waals surface area contributed by atoms with Gasteiger partial charge in [-0.2, -0.15) is 8.42 Å². The van der Waals surface area contributed by atoms with E-state index in [9.17, 15) is 8.42 Å². The molecule has 0 bridgehead atoms. The molecule has 4 nitrogen and oxygen atoms in total. The molecule has 0 aliphatic carbocycles. The lowest BCUT2D eigenvalue weighted by atomic mass is 9.93. The van der Waals surface area contributed by atoms with Gasteiger partial charge in [-0.25, -0.2) is 0 Å². The SMILES string of the molecule is Cc1ccc(S(=O)(=O)OCC2Cc3cccc(-c4c(C)cccc4C)c3O2)cc1. The quantitative estimate of drug-likeness (QED) is 0.558. The zero-order chi connectivity index (χ0) is 20.6. The predicted molar refractivity (Wildman–Crippen MR) is 114 cm³/mol. The zero-order valence-corrected chi connectivity index (χ0v) is 17.6. The molecule has 150 valence electrons. The lowest BCUT2D eigenvalue weighted by Gasteiger charge is -2.15. The number of rotatable bonds is 5. The smallest absolute Gasteiger partial charge is 0.297 e. The lowest BCUT2D eigenvalue weighted by molar-refractivity contribution is 0.152. The van der Waals surface area contributed by atoms with Gasteiger partial charge in [-0.3, -0.25) is 4.18 Å². The molecule has 1 aliphatic heterocycles. The van der Waals surface area contributed by atoms with Crippen molar-refractivity contribution in [2.24, 2.45) is 0 Å². The molecule has 0 amide bonds. The predicted octanol–water partition coefficient (Wildman–Crippen LogP) is 4.99. The van der Waals surface area contributed by atoms with Gasteiger partial charge in [0.25, 0.3) is 10.1 Å². The van der Waals surface area contributed by atoms with E-state index in [1.807, 2.05) is 25.1 Å². The first-order valence-corrected chi connectivity index (χ1v) is 11.1. The number of aryl methyl sites for hydroxylation is 3. The fourth-order valence-electron chi connectivity index (χ4n) is 3.81. The third-order valence-corrected chi connectivity index (χ3v) is 6.59. The first kappa shape index (κ1) is 19.7. The van der Waals surface area contributed by atoms with Gasteiger partial charge in [0, 0.05) is 12.0 Å². The van der Waals surface area contributed by atoms with Crippen LogP contribution in [0.4, 0.5) is 0 Å². The van der Waals surface area contributed by atoms with E-state index in [1.54, 1.807) is 24.3 Å². The Morgan fingerprint density at radius 1 is 0.931 bits per heavy atom. The van der Waals surface area contributed by atoms with Crippen LogP contribution in [-0.2, 0) is 20.7 Å². The highest BCUT2D eigenvalue weighted by Crippen LogP contribution is 2.41. The average molecular weight is 409 g/mol. The molecule has 1 atom stereocenters. The van der Waals surface area contributed by atoms with Crippen molar-refractivity contribution in [2.45, 2.75) is 38.2 Å². The van der Waals surface area contributed by atoms with Crippen molar-refractivity contribution < 1.29 is 17.3 Å². The Morgan fingerprint density at radius 3 is 2.28 bits per heavy atom. The molecule has 3 aromatic carbocycles. The minimum absolute atomic E-state index is 0.0168. The van der Waals surface area contributed by atoms with Crippen molar-refractivity contribution in [3.05, 3.63) is 82.9 Å². The van der Waals surface area contributed by atoms with Crippen LogP contribution in [0.5, 0.6) is 5.75 Å². The second kappa shape index (κ2) is 7.65. The molecule has 0 fully saturated rings. The summed E-state index contributed by atoms with van der Waals surface area (Å²) in [4.78, 5) is 0.162. The van der Waals surface area contributed by atoms with Crippen LogP contribution in [0.3, 0.4) is 0 Å². The molecular formula is C24H24O4S. The third-order valence-electron chi connectivity index (χ3n) is 5.30. The minimum Gasteiger partial charge on any atom is -0.487 e. The van der Waals surface area contributed by atoms with Crippen LogP contribution < -0.4 is 4.74 Å². The molecule has 0 saturated heterocycles. The maximum absolute atomic E-state index is 12.5. The summed E-state index contributed by atoms with van der Waals surface area (Å²) < 4.78 is 36.4. The first-order chi connectivity index (χ1) is 13.8. The summed E-state index contributed by atoms with van der Waals surface area (Å²) in [6, 6.07) is 19.0. The van der Waals surface area contributed by atoms with Gasteiger partial charge >= 0.3 is 0 Å². The van der Waals surface area contributed by atoms with E-state index < -0.39 is 10.1 Å². The summed E-state index contributed by atoms with van der Waals surface area (Å²) in [5.41, 5.74) is 6.65. The Hall–Kier alpha value is -2.63. The summed E-state index contributed by atoms with van der Waals surface area (Å²) in [7, 11) is -3.81. The summed E-state index contributed by atoms with van der Waals surface area (Å²) in [6.07, 6.45) is 0.285. The van der Waals surface area contributed by atoms with E-state index in [1.165, 1.54) is 11.1 Å². The topological polar surface area (TPSA) is 52.6 Å². The fraction of sp³-hybridized carbons (Fsp3) is 0.250. The second-order valence-electron chi connectivity index (χ2n) is 7.56. The minimum atomic E-state index is -3.81. The van der Waals surface area contributed by atoms with Crippen molar-refractivity contribution in [1.29, 1.82) is 0 Å². The van der Waals surface area contributed by atoms with Crippen LogP contribution >= 0.6 is 0 Å².